The maximum atomic E-state index is 13.0. The van der Waals surface area contributed by atoms with Crippen molar-refractivity contribution in [3.8, 4) is 5.75 Å². The quantitative estimate of drug-likeness (QED) is 0.519. The summed E-state index contributed by atoms with van der Waals surface area (Å²) in [6, 6.07) is 17.4. The van der Waals surface area contributed by atoms with Crippen molar-refractivity contribution in [2.24, 2.45) is 0 Å². The van der Waals surface area contributed by atoms with E-state index in [1.165, 1.54) is 0 Å². The van der Waals surface area contributed by atoms with Gasteiger partial charge in [-0.1, -0.05) is 41.4 Å². The number of amides is 2. The van der Waals surface area contributed by atoms with Crippen LogP contribution in [0, 0.1) is 0 Å². The van der Waals surface area contributed by atoms with Gasteiger partial charge in [-0.3, -0.25) is 14.6 Å². The normalized spacial score (nSPS) is 15.3. The smallest absolute Gasteiger partial charge is 0.254 e. The molecule has 1 N–H and O–H groups in total. The average Bonchev–Trinajstić information content (AvgIpc) is 3.31. The van der Waals surface area contributed by atoms with Gasteiger partial charge in [0.2, 0.25) is 5.91 Å². The molecule has 2 amide bonds. The molecule has 2 aromatic carbocycles. The number of ether oxygens (including phenoxy) is 1. The third-order valence-corrected chi connectivity index (χ3v) is 5.87. The van der Waals surface area contributed by atoms with Crippen LogP contribution in [0.4, 0.5) is 0 Å². The van der Waals surface area contributed by atoms with E-state index in [1.54, 1.807) is 29.3 Å². The predicted octanol–water partition coefficient (Wildman–Crippen LogP) is 4.89. The number of nitrogens with one attached hydrogen (secondary N) is 1. The molecule has 0 spiro atoms. The summed E-state index contributed by atoms with van der Waals surface area (Å²) in [5.74, 6) is 0.305. The first-order valence-electron chi connectivity index (χ1n) is 10.7. The molecule has 0 aliphatic carbocycles. The van der Waals surface area contributed by atoms with Gasteiger partial charge in [-0.2, -0.15) is 0 Å². The molecule has 1 unspecified atom stereocenters. The van der Waals surface area contributed by atoms with E-state index in [9.17, 15) is 9.59 Å². The number of pyridine rings is 1. The standard InChI is InChI=1S/C25H23Cl2N3O3/c26-19-12-18(13-20(27)14-19)25(32)30-11-3-5-23(30)24(31)29-15-17-6-8-22(9-7-17)33-16-21-4-1-2-10-28-21/h1-2,4,6-10,12-14,23H,3,5,11,15-16H2,(H,29,31). The molecule has 1 atom stereocenters. The molecule has 2 heterocycles. The highest BCUT2D eigenvalue weighted by Gasteiger charge is 2.34. The zero-order chi connectivity index (χ0) is 23.2. The Bertz CT molecular complexity index is 1100. The molecule has 170 valence electrons. The summed E-state index contributed by atoms with van der Waals surface area (Å²) in [4.78, 5) is 31.6. The number of rotatable bonds is 7. The summed E-state index contributed by atoms with van der Waals surface area (Å²) in [5, 5.41) is 3.72. The van der Waals surface area contributed by atoms with E-state index < -0.39 is 6.04 Å². The number of likely N-dealkylation sites (tertiary alicyclic amines) is 1. The number of carbonyl (C=O) groups excluding carboxylic acids is 2. The van der Waals surface area contributed by atoms with Crippen LogP contribution in [0.3, 0.4) is 0 Å². The molecule has 6 nitrogen and oxygen atoms in total. The van der Waals surface area contributed by atoms with Gasteiger partial charge in [0.05, 0.1) is 5.69 Å². The Kier molecular flexibility index (Phi) is 7.47. The lowest BCUT2D eigenvalue weighted by atomic mass is 10.1. The second-order valence-electron chi connectivity index (χ2n) is 7.79. The van der Waals surface area contributed by atoms with Gasteiger partial charge in [0.25, 0.3) is 5.91 Å². The van der Waals surface area contributed by atoms with Crippen LogP contribution >= 0.6 is 23.2 Å². The van der Waals surface area contributed by atoms with Crippen molar-refractivity contribution >= 4 is 35.0 Å². The number of aromatic nitrogens is 1. The molecule has 33 heavy (non-hydrogen) atoms. The molecular formula is C25H23Cl2N3O3. The minimum Gasteiger partial charge on any atom is -0.487 e. The maximum Gasteiger partial charge on any atom is 0.254 e. The Morgan fingerprint density at radius 3 is 2.52 bits per heavy atom. The van der Waals surface area contributed by atoms with Gasteiger partial charge in [0, 0.05) is 34.9 Å². The highest BCUT2D eigenvalue weighted by Crippen LogP contribution is 2.24. The van der Waals surface area contributed by atoms with E-state index in [0.29, 0.717) is 41.7 Å². The van der Waals surface area contributed by atoms with Crippen LogP contribution in [-0.4, -0.2) is 34.3 Å². The lowest BCUT2D eigenvalue weighted by molar-refractivity contribution is -0.125. The third-order valence-electron chi connectivity index (χ3n) is 5.43. The molecule has 1 aromatic heterocycles. The number of benzene rings is 2. The molecule has 8 heteroatoms. The second kappa shape index (κ2) is 10.7. The lowest BCUT2D eigenvalue weighted by Gasteiger charge is -2.24. The zero-order valence-electron chi connectivity index (χ0n) is 17.8. The number of hydrogen-bond donors (Lipinski definition) is 1. The van der Waals surface area contributed by atoms with Crippen molar-refractivity contribution in [2.75, 3.05) is 6.54 Å². The van der Waals surface area contributed by atoms with E-state index in [0.717, 1.165) is 23.4 Å². The molecule has 1 saturated heterocycles. The summed E-state index contributed by atoms with van der Waals surface area (Å²) >= 11 is 12.1. The first kappa shape index (κ1) is 23.1. The van der Waals surface area contributed by atoms with Gasteiger partial charge < -0.3 is 15.0 Å². The van der Waals surface area contributed by atoms with E-state index in [1.807, 2.05) is 42.5 Å². The number of hydrogen-bond acceptors (Lipinski definition) is 4. The largest absolute Gasteiger partial charge is 0.487 e. The zero-order valence-corrected chi connectivity index (χ0v) is 19.4. The van der Waals surface area contributed by atoms with Gasteiger partial charge in [0.15, 0.2) is 0 Å². The van der Waals surface area contributed by atoms with Gasteiger partial charge in [-0.25, -0.2) is 0 Å². The number of halogens is 2. The fourth-order valence-electron chi connectivity index (χ4n) is 3.78. The number of nitrogens with zero attached hydrogens (tertiary/aromatic N) is 2. The molecule has 4 rings (SSSR count). The first-order chi connectivity index (χ1) is 16.0. The molecule has 0 saturated carbocycles. The molecule has 0 bridgehead atoms. The van der Waals surface area contributed by atoms with Gasteiger partial charge in [-0.05, 0) is 60.9 Å². The summed E-state index contributed by atoms with van der Waals surface area (Å²) < 4.78 is 5.74. The van der Waals surface area contributed by atoms with E-state index in [4.69, 9.17) is 27.9 Å². The van der Waals surface area contributed by atoms with Crippen LogP contribution in [0.2, 0.25) is 10.0 Å². The summed E-state index contributed by atoms with van der Waals surface area (Å²) in [6.07, 6.45) is 3.11. The summed E-state index contributed by atoms with van der Waals surface area (Å²) in [7, 11) is 0. The fourth-order valence-corrected chi connectivity index (χ4v) is 4.30. The minimum atomic E-state index is -0.517. The van der Waals surface area contributed by atoms with Crippen molar-refractivity contribution in [3.05, 3.63) is 93.7 Å². The van der Waals surface area contributed by atoms with Crippen molar-refractivity contribution in [2.45, 2.75) is 32.0 Å². The fraction of sp³-hybridized carbons (Fsp3) is 0.240. The Balaban J connectivity index is 1.31. The van der Waals surface area contributed by atoms with Crippen LogP contribution in [0.15, 0.2) is 66.9 Å². The van der Waals surface area contributed by atoms with Crippen molar-refractivity contribution in [1.82, 2.24) is 15.2 Å². The molecule has 1 fully saturated rings. The first-order valence-corrected chi connectivity index (χ1v) is 11.4. The SMILES string of the molecule is O=C(NCc1ccc(OCc2ccccn2)cc1)C1CCCN1C(=O)c1cc(Cl)cc(Cl)c1. The summed E-state index contributed by atoms with van der Waals surface area (Å²) in [6.45, 7) is 1.27. The van der Waals surface area contributed by atoms with E-state index in [2.05, 4.69) is 10.3 Å². The second-order valence-corrected chi connectivity index (χ2v) is 8.66. The van der Waals surface area contributed by atoms with Crippen molar-refractivity contribution in [3.63, 3.8) is 0 Å². The maximum absolute atomic E-state index is 13.0. The molecular weight excluding hydrogens is 461 g/mol. The topological polar surface area (TPSA) is 71.5 Å². The van der Waals surface area contributed by atoms with Gasteiger partial charge >= 0.3 is 0 Å². The van der Waals surface area contributed by atoms with Crippen molar-refractivity contribution in [1.29, 1.82) is 0 Å². The molecule has 3 aromatic rings. The predicted molar refractivity (Wildman–Crippen MR) is 127 cm³/mol. The van der Waals surface area contributed by atoms with Crippen LogP contribution in [0.1, 0.15) is 34.5 Å². The van der Waals surface area contributed by atoms with Crippen LogP contribution in [0.25, 0.3) is 0 Å². The van der Waals surface area contributed by atoms with Crippen LogP contribution in [0.5, 0.6) is 5.75 Å². The molecule has 0 radical (unpaired) electrons. The monoisotopic (exact) mass is 483 g/mol. The minimum absolute atomic E-state index is 0.176. The molecule has 1 aliphatic rings. The highest BCUT2D eigenvalue weighted by molar-refractivity contribution is 6.35. The Morgan fingerprint density at radius 1 is 1.06 bits per heavy atom. The Hall–Kier alpha value is -3.09. The van der Waals surface area contributed by atoms with Gasteiger partial charge in [-0.15, -0.1) is 0 Å². The van der Waals surface area contributed by atoms with Crippen LogP contribution < -0.4 is 10.1 Å². The van der Waals surface area contributed by atoms with E-state index in [-0.39, 0.29) is 11.8 Å². The van der Waals surface area contributed by atoms with E-state index >= 15 is 0 Å². The Labute approximate surface area is 202 Å². The molecule has 1 aliphatic heterocycles. The third kappa shape index (κ3) is 6.03. The highest BCUT2D eigenvalue weighted by atomic mass is 35.5. The number of carbonyl (C=O) groups is 2. The van der Waals surface area contributed by atoms with Crippen LogP contribution in [-0.2, 0) is 17.9 Å². The van der Waals surface area contributed by atoms with Crippen molar-refractivity contribution < 1.29 is 14.3 Å². The average molecular weight is 484 g/mol. The van der Waals surface area contributed by atoms with Gasteiger partial charge in [0.1, 0.15) is 18.4 Å². The Morgan fingerprint density at radius 2 is 1.82 bits per heavy atom. The summed E-state index contributed by atoms with van der Waals surface area (Å²) in [5.41, 5.74) is 2.17. The lowest BCUT2D eigenvalue weighted by Crippen LogP contribution is -2.45.